The molecule has 178 valence electrons. The van der Waals surface area contributed by atoms with Crippen LogP contribution in [0, 0.1) is 12.7 Å². The Morgan fingerprint density at radius 3 is 2.67 bits per heavy atom. The van der Waals surface area contributed by atoms with Crippen LogP contribution in [0.3, 0.4) is 0 Å². The second-order valence-electron chi connectivity index (χ2n) is 8.88. The molecule has 3 N–H and O–H groups in total. The number of aromatic nitrogens is 6. The first-order valence-electron chi connectivity index (χ1n) is 11.8. The molecule has 0 atom stereocenters. The third kappa shape index (κ3) is 4.01. The van der Waals surface area contributed by atoms with Crippen molar-refractivity contribution in [2.45, 2.75) is 20.4 Å². The number of halogens is 1. The minimum Gasteiger partial charge on any atom is -0.338 e. The molecule has 8 heteroatoms. The van der Waals surface area contributed by atoms with E-state index in [0.717, 1.165) is 74.3 Å². The highest BCUT2D eigenvalue weighted by Gasteiger charge is 2.16. The number of rotatable bonds is 6. The molecule has 0 saturated carbocycles. The monoisotopic (exact) mass is 477 g/mol. The van der Waals surface area contributed by atoms with Crippen LogP contribution in [-0.4, -0.2) is 36.7 Å². The number of aryl methyl sites for hydroxylation is 1. The third-order valence-corrected chi connectivity index (χ3v) is 6.27. The van der Waals surface area contributed by atoms with Gasteiger partial charge < -0.3 is 10.3 Å². The lowest BCUT2D eigenvalue weighted by Crippen LogP contribution is -2.11. The number of hydrogen-bond acceptors (Lipinski definition) is 5. The number of hydrogen-bond donors (Lipinski definition) is 3. The fourth-order valence-corrected chi connectivity index (χ4v) is 4.58. The van der Waals surface area contributed by atoms with Gasteiger partial charge in [0.1, 0.15) is 11.5 Å². The molecule has 0 aliphatic rings. The van der Waals surface area contributed by atoms with E-state index in [1.165, 1.54) is 6.07 Å². The molecule has 0 spiro atoms. The first kappa shape index (κ1) is 22.1. The van der Waals surface area contributed by atoms with Crippen molar-refractivity contribution in [3.05, 3.63) is 84.2 Å². The summed E-state index contributed by atoms with van der Waals surface area (Å²) >= 11 is 0. The molecule has 0 radical (unpaired) electrons. The van der Waals surface area contributed by atoms with Gasteiger partial charge in [0.2, 0.25) is 0 Å². The van der Waals surface area contributed by atoms with Crippen molar-refractivity contribution in [2.75, 3.05) is 6.54 Å². The highest BCUT2D eigenvalue weighted by molar-refractivity contribution is 5.99. The predicted molar refractivity (Wildman–Crippen MR) is 140 cm³/mol. The molecule has 0 aliphatic heterocycles. The minimum atomic E-state index is -0.257. The molecule has 0 aliphatic carbocycles. The van der Waals surface area contributed by atoms with Crippen molar-refractivity contribution in [3.63, 3.8) is 0 Å². The molecular formula is C28H24FN7. The van der Waals surface area contributed by atoms with Crippen LogP contribution in [-0.2, 0) is 6.54 Å². The molecule has 0 bridgehead atoms. The maximum Gasteiger partial charge on any atom is 0.181 e. The van der Waals surface area contributed by atoms with Crippen LogP contribution >= 0.6 is 0 Å². The van der Waals surface area contributed by atoms with Crippen LogP contribution in [0.2, 0.25) is 0 Å². The summed E-state index contributed by atoms with van der Waals surface area (Å²) in [4.78, 5) is 16.9. The third-order valence-electron chi connectivity index (χ3n) is 6.27. The van der Waals surface area contributed by atoms with Gasteiger partial charge in [-0.25, -0.2) is 14.4 Å². The lowest BCUT2D eigenvalue weighted by Gasteiger charge is -2.06. The smallest absolute Gasteiger partial charge is 0.181 e. The van der Waals surface area contributed by atoms with Gasteiger partial charge in [-0.2, -0.15) is 5.10 Å². The van der Waals surface area contributed by atoms with E-state index in [9.17, 15) is 4.39 Å². The number of fused-ring (bicyclic) bond motifs is 2. The van der Waals surface area contributed by atoms with Crippen LogP contribution in [0.5, 0.6) is 0 Å². The Morgan fingerprint density at radius 1 is 0.917 bits per heavy atom. The van der Waals surface area contributed by atoms with Crippen LogP contribution in [0.4, 0.5) is 4.39 Å². The Balaban J connectivity index is 1.44. The molecule has 36 heavy (non-hydrogen) atoms. The van der Waals surface area contributed by atoms with E-state index in [1.807, 2.05) is 43.7 Å². The number of nitrogens with one attached hydrogen (secondary N) is 3. The number of benzene rings is 1. The number of pyridine rings is 3. The Morgan fingerprint density at radius 2 is 1.81 bits per heavy atom. The quantitative estimate of drug-likeness (QED) is 0.282. The standard InChI is InChI=1S/C28H24FN7/c1-3-30-12-17-8-19(14-31-13-17)20-10-24-26(35-36-28(24)33-15-20)25-11-23-22(4-5-32-27(23)34-25)18-6-16(2)7-21(29)9-18/h4-11,13-15,30H,3,12H2,1-2H3,(H,32,34)(H,33,35,36). The van der Waals surface area contributed by atoms with Crippen molar-refractivity contribution in [1.29, 1.82) is 0 Å². The van der Waals surface area contributed by atoms with Crippen LogP contribution in [0.1, 0.15) is 18.1 Å². The highest BCUT2D eigenvalue weighted by Crippen LogP contribution is 2.34. The first-order valence-corrected chi connectivity index (χ1v) is 11.8. The van der Waals surface area contributed by atoms with Crippen molar-refractivity contribution < 1.29 is 4.39 Å². The van der Waals surface area contributed by atoms with Crippen molar-refractivity contribution in [3.8, 4) is 33.6 Å². The molecule has 0 saturated heterocycles. The van der Waals surface area contributed by atoms with E-state index in [0.29, 0.717) is 5.65 Å². The average molecular weight is 478 g/mol. The van der Waals surface area contributed by atoms with Gasteiger partial charge in [0, 0.05) is 53.2 Å². The Labute approximate surface area is 206 Å². The molecule has 0 fully saturated rings. The van der Waals surface area contributed by atoms with E-state index in [1.54, 1.807) is 12.3 Å². The SMILES string of the molecule is CCNCc1cncc(-c2cnc3n[nH]c(-c4cc5c(-c6cc(C)cc(F)c6)ccnc5[nH]4)c3c2)c1. The molecule has 0 amide bonds. The Kier molecular flexibility index (Phi) is 5.50. The number of nitrogens with zero attached hydrogens (tertiary/aromatic N) is 4. The molecule has 7 nitrogen and oxygen atoms in total. The summed E-state index contributed by atoms with van der Waals surface area (Å²) in [5.74, 6) is -0.257. The molecule has 1 aromatic carbocycles. The molecule has 5 aromatic heterocycles. The van der Waals surface area contributed by atoms with Gasteiger partial charge in [-0.05, 0) is 72.1 Å². The van der Waals surface area contributed by atoms with Gasteiger partial charge in [-0.15, -0.1) is 0 Å². The molecular weight excluding hydrogens is 453 g/mol. The van der Waals surface area contributed by atoms with E-state index in [2.05, 4.69) is 54.5 Å². The zero-order valence-corrected chi connectivity index (χ0v) is 19.9. The Hall–Kier alpha value is -4.43. The molecule has 6 aromatic rings. The second kappa shape index (κ2) is 8.98. The summed E-state index contributed by atoms with van der Waals surface area (Å²) in [7, 11) is 0. The summed E-state index contributed by atoms with van der Waals surface area (Å²) in [6, 6.07) is 13.2. The second-order valence-corrected chi connectivity index (χ2v) is 8.88. The Bertz CT molecular complexity index is 1700. The van der Waals surface area contributed by atoms with Gasteiger partial charge >= 0.3 is 0 Å². The van der Waals surface area contributed by atoms with Gasteiger partial charge in [-0.1, -0.05) is 13.0 Å². The summed E-state index contributed by atoms with van der Waals surface area (Å²) in [6.07, 6.45) is 7.27. The fourth-order valence-electron chi connectivity index (χ4n) is 4.58. The summed E-state index contributed by atoms with van der Waals surface area (Å²) in [5.41, 5.74) is 8.65. The number of aromatic amines is 2. The van der Waals surface area contributed by atoms with Crippen molar-refractivity contribution >= 4 is 22.1 Å². The van der Waals surface area contributed by atoms with Crippen LogP contribution < -0.4 is 5.32 Å². The highest BCUT2D eigenvalue weighted by atomic mass is 19.1. The van der Waals surface area contributed by atoms with Gasteiger partial charge in [-0.3, -0.25) is 10.1 Å². The first-order chi connectivity index (χ1) is 17.6. The lowest BCUT2D eigenvalue weighted by molar-refractivity contribution is 0.627. The summed E-state index contributed by atoms with van der Waals surface area (Å²) < 4.78 is 14.1. The largest absolute Gasteiger partial charge is 0.338 e. The molecule has 0 unspecified atom stereocenters. The van der Waals surface area contributed by atoms with E-state index < -0.39 is 0 Å². The van der Waals surface area contributed by atoms with Crippen LogP contribution in [0.15, 0.2) is 67.3 Å². The topological polar surface area (TPSA) is 95.2 Å². The van der Waals surface area contributed by atoms with E-state index in [-0.39, 0.29) is 5.82 Å². The lowest BCUT2D eigenvalue weighted by atomic mass is 10.0. The maximum atomic E-state index is 14.1. The fraction of sp³-hybridized carbons (Fsp3) is 0.143. The van der Waals surface area contributed by atoms with Crippen molar-refractivity contribution in [1.82, 2.24) is 35.5 Å². The average Bonchev–Trinajstić information content (AvgIpc) is 3.50. The van der Waals surface area contributed by atoms with Gasteiger partial charge in [0.25, 0.3) is 0 Å². The van der Waals surface area contributed by atoms with Crippen molar-refractivity contribution in [2.24, 2.45) is 0 Å². The van der Waals surface area contributed by atoms with E-state index >= 15 is 0 Å². The van der Waals surface area contributed by atoms with Gasteiger partial charge in [0.15, 0.2) is 5.65 Å². The molecule has 6 rings (SSSR count). The molecule has 5 heterocycles. The minimum absolute atomic E-state index is 0.257. The van der Waals surface area contributed by atoms with E-state index in [4.69, 9.17) is 0 Å². The summed E-state index contributed by atoms with van der Waals surface area (Å²) in [6.45, 7) is 5.63. The van der Waals surface area contributed by atoms with Crippen LogP contribution in [0.25, 0.3) is 55.7 Å². The normalized spacial score (nSPS) is 11.5. The maximum absolute atomic E-state index is 14.1. The zero-order chi connectivity index (χ0) is 24.6. The number of H-pyrrole nitrogens is 2. The zero-order valence-electron chi connectivity index (χ0n) is 19.9. The van der Waals surface area contributed by atoms with Gasteiger partial charge in [0.05, 0.1) is 11.4 Å². The predicted octanol–water partition coefficient (Wildman–Crippen LogP) is 5.79. The summed E-state index contributed by atoms with van der Waals surface area (Å²) in [5, 5.41) is 12.7.